The number of benzene rings is 2. The molecule has 0 aliphatic carbocycles. The first kappa shape index (κ1) is 17.9. The fourth-order valence-corrected chi connectivity index (χ4v) is 2.77. The van der Waals surface area contributed by atoms with Crippen LogP contribution in [0, 0.1) is 0 Å². The fraction of sp³-hybridized carbons (Fsp3) is 0. The Morgan fingerprint density at radius 3 is 2.57 bits per heavy atom. The van der Waals surface area contributed by atoms with Crippen LogP contribution in [0.1, 0.15) is 10.4 Å². The predicted molar refractivity (Wildman–Crippen MR) is 108 cm³/mol. The highest BCUT2D eigenvalue weighted by Crippen LogP contribution is 2.23. The standard InChI is InChI=1S/C20H14BrN5O2/c21-15-6-8-16(9-7-15)28-19-10-5-14(13-22-19)20(27)24-17-3-1-2-4-18(17)26-12-11-23-25-26/h1-13H,(H,24,27). The van der Waals surface area contributed by atoms with Gasteiger partial charge in [-0.15, -0.1) is 5.10 Å². The molecule has 138 valence electrons. The first-order chi connectivity index (χ1) is 13.7. The van der Waals surface area contributed by atoms with E-state index < -0.39 is 0 Å². The van der Waals surface area contributed by atoms with E-state index in [2.05, 4.69) is 36.5 Å². The Morgan fingerprint density at radius 2 is 1.86 bits per heavy atom. The van der Waals surface area contributed by atoms with Crippen molar-refractivity contribution in [1.29, 1.82) is 0 Å². The molecule has 4 rings (SSSR count). The first-order valence-corrected chi connectivity index (χ1v) is 9.15. The van der Waals surface area contributed by atoms with Crippen molar-refractivity contribution in [3.05, 3.63) is 89.3 Å². The van der Waals surface area contributed by atoms with Gasteiger partial charge in [-0.3, -0.25) is 4.79 Å². The summed E-state index contributed by atoms with van der Waals surface area (Å²) in [7, 11) is 0. The van der Waals surface area contributed by atoms with Crippen LogP contribution in [0.4, 0.5) is 5.69 Å². The smallest absolute Gasteiger partial charge is 0.257 e. The van der Waals surface area contributed by atoms with Crippen LogP contribution in [0.25, 0.3) is 5.69 Å². The molecule has 0 atom stereocenters. The van der Waals surface area contributed by atoms with E-state index >= 15 is 0 Å². The second-order valence-electron chi connectivity index (χ2n) is 5.76. The number of hydrogen-bond donors (Lipinski definition) is 1. The molecule has 2 aromatic carbocycles. The highest BCUT2D eigenvalue weighted by molar-refractivity contribution is 9.10. The van der Waals surface area contributed by atoms with Crippen molar-refractivity contribution < 1.29 is 9.53 Å². The largest absolute Gasteiger partial charge is 0.439 e. The van der Waals surface area contributed by atoms with E-state index in [1.54, 1.807) is 35.3 Å². The summed E-state index contributed by atoms with van der Waals surface area (Å²) >= 11 is 3.38. The maximum Gasteiger partial charge on any atom is 0.257 e. The van der Waals surface area contributed by atoms with E-state index in [9.17, 15) is 4.79 Å². The first-order valence-electron chi connectivity index (χ1n) is 8.35. The minimum atomic E-state index is -0.282. The number of nitrogens with zero attached hydrogens (tertiary/aromatic N) is 4. The zero-order valence-corrected chi connectivity index (χ0v) is 16.1. The molecular formula is C20H14BrN5O2. The Labute approximate surface area is 169 Å². The van der Waals surface area contributed by atoms with Gasteiger partial charge in [-0.25, -0.2) is 9.67 Å². The van der Waals surface area contributed by atoms with E-state index in [-0.39, 0.29) is 5.91 Å². The third kappa shape index (κ3) is 4.07. The average molecular weight is 436 g/mol. The zero-order chi connectivity index (χ0) is 19.3. The molecule has 0 unspecified atom stereocenters. The van der Waals surface area contributed by atoms with Crippen molar-refractivity contribution >= 4 is 27.5 Å². The van der Waals surface area contributed by atoms with Crippen molar-refractivity contribution in [3.8, 4) is 17.3 Å². The third-order valence-electron chi connectivity index (χ3n) is 3.86. The molecule has 0 saturated carbocycles. The van der Waals surface area contributed by atoms with Gasteiger partial charge in [0.25, 0.3) is 5.91 Å². The Bertz CT molecular complexity index is 1080. The summed E-state index contributed by atoms with van der Waals surface area (Å²) in [5, 5.41) is 10.6. The third-order valence-corrected chi connectivity index (χ3v) is 4.38. The topological polar surface area (TPSA) is 81.9 Å². The number of pyridine rings is 1. The molecule has 8 heteroatoms. The van der Waals surface area contributed by atoms with Gasteiger partial charge in [0, 0.05) is 16.7 Å². The number of halogens is 1. The van der Waals surface area contributed by atoms with Gasteiger partial charge in [0.05, 0.1) is 29.3 Å². The monoisotopic (exact) mass is 435 g/mol. The summed E-state index contributed by atoms with van der Waals surface area (Å²) in [6.07, 6.45) is 4.76. The van der Waals surface area contributed by atoms with E-state index in [0.717, 1.165) is 10.2 Å². The van der Waals surface area contributed by atoms with Crippen molar-refractivity contribution in [2.24, 2.45) is 0 Å². The van der Waals surface area contributed by atoms with Gasteiger partial charge < -0.3 is 10.1 Å². The lowest BCUT2D eigenvalue weighted by Crippen LogP contribution is -2.14. The molecule has 2 heterocycles. The number of carbonyl (C=O) groups is 1. The molecule has 7 nitrogen and oxygen atoms in total. The predicted octanol–water partition coefficient (Wildman–Crippen LogP) is 4.47. The molecular weight excluding hydrogens is 422 g/mol. The molecule has 0 spiro atoms. The van der Waals surface area contributed by atoms with Gasteiger partial charge >= 0.3 is 0 Å². The van der Waals surface area contributed by atoms with Crippen LogP contribution in [0.15, 0.2) is 83.7 Å². The lowest BCUT2D eigenvalue weighted by molar-refractivity contribution is 0.102. The van der Waals surface area contributed by atoms with E-state index in [1.165, 1.54) is 6.20 Å². The molecule has 0 fully saturated rings. The van der Waals surface area contributed by atoms with Crippen LogP contribution >= 0.6 is 15.9 Å². The summed E-state index contributed by atoms with van der Waals surface area (Å²) in [5.41, 5.74) is 1.75. The van der Waals surface area contributed by atoms with Crippen molar-refractivity contribution in [3.63, 3.8) is 0 Å². The van der Waals surface area contributed by atoms with Gasteiger partial charge in [-0.1, -0.05) is 33.3 Å². The molecule has 0 radical (unpaired) electrons. The van der Waals surface area contributed by atoms with E-state index in [0.29, 0.717) is 22.9 Å². The molecule has 0 aliphatic rings. The number of para-hydroxylation sites is 2. The number of nitrogens with one attached hydrogen (secondary N) is 1. The molecule has 0 saturated heterocycles. The van der Waals surface area contributed by atoms with Gasteiger partial charge in [0.1, 0.15) is 5.75 Å². The number of anilines is 1. The van der Waals surface area contributed by atoms with Crippen molar-refractivity contribution in [2.45, 2.75) is 0 Å². The maximum absolute atomic E-state index is 12.6. The molecule has 4 aromatic rings. The Morgan fingerprint density at radius 1 is 1.04 bits per heavy atom. The number of aromatic nitrogens is 4. The lowest BCUT2D eigenvalue weighted by Gasteiger charge is -2.11. The second kappa shape index (κ2) is 8.01. The highest BCUT2D eigenvalue weighted by Gasteiger charge is 2.11. The molecule has 0 bridgehead atoms. The van der Waals surface area contributed by atoms with E-state index in [4.69, 9.17) is 4.74 Å². The minimum Gasteiger partial charge on any atom is -0.439 e. The SMILES string of the molecule is O=C(Nc1ccccc1-n1ccnn1)c1ccc(Oc2ccc(Br)cc2)nc1. The summed E-state index contributed by atoms with van der Waals surface area (Å²) in [6, 6.07) is 18.1. The van der Waals surface area contributed by atoms with Crippen molar-refractivity contribution in [1.82, 2.24) is 20.0 Å². The van der Waals surface area contributed by atoms with Crippen molar-refractivity contribution in [2.75, 3.05) is 5.32 Å². The molecule has 28 heavy (non-hydrogen) atoms. The summed E-state index contributed by atoms with van der Waals surface area (Å²) < 4.78 is 8.22. The number of carbonyl (C=O) groups excluding carboxylic acids is 1. The Balaban J connectivity index is 1.48. The highest BCUT2D eigenvalue weighted by atomic mass is 79.9. The van der Waals surface area contributed by atoms with E-state index in [1.807, 2.05) is 42.5 Å². The quantitative estimate of drug-likeness (QED) is 0.499. The van der Waals surface area contributed by atoms with Crippen LogP contribution in [0.2, 0.25) is 0 Å². The lowest BCUT2D eigenvalue weighted by atomic mass is 10.2. The molecule has 2 aromatic heterocycles. The molecule has 1 amide bonds. The number of ether oxygens (including phenoxy) is 1. The van der Waals surface area contributed by atoms with Gasteiger partial charge in [-0.2, -0.15) is 0 Å². The second-order valence-corrected chi connectivity index (χ2v) is 6.68. The average Bonchev–Trinajstić information content (AvgIpc) is 3.25. The normalized spacial score (nSPS) is 10.5. The van der Waals surface area contributed by atoms with Gasteiger partial charge in [-0.05, 0) is 42.5 Å². The summed E-state index contributed by atoms with van der Waals surface area (Å²) in [5.74, 6) is 0.784. The van der Waals surface area contributed by atoms with Crippen LogP contribution in [0.5, 0.6) is 11.6 Å². The van der Waals surface area contributed by atoms with Crippen LogP contribution in [-0.4, -0.2) is 25.9 Å². The maximum atomic E-state index is 12.6. The minimum absolute atomic E-state index is 0.282. The van der Waals surface area contributed by atoms with Crippen LogP contribution in [-0.2, 0) is 0 Å². The van der Waals surface area contributed by atoms with Gasteiger partial charge in [0.15, 0.2) is 0 Å². The molecule has 1 N–H and O–H groups in total. The van der Waals surface area contributed by atoms with Crippen LogP contribution in [0.3, 0.4) is 0 Å². The number of rotatable bonds is 5. The molecule has 0 aliphatic heterocycles. The Hall–Kier alpha value is -3.52. The number of hydrogen-bond acceptors (Lipinski definition) is 5. The summed E-state index contributed by atoms with van der Waals surface area (Å²) in [6.45, 7) is 0. The van der Waals surface area contributed by atoms with Gasteiger partial charge in [0.2, 0.25) is 5.88 Å². The van der Waals surface area contributed by atoms with Crippen LogP contribution < -0.4 is 10.1 Å². The Kier molecular flexibility index (Phi) is 5.11. The zero-order valence-electron chi connectivity index (χ0n) is 14.5. The number of amides is 1. The fourth-order valence-electron chi connectivity index (χ4n) is 2.51. The summed E-state index contributed by atoms with van der Waals surface area (Å²) in [4.78, 5) is 16.8.